The highest BCUT2D eigenvalue weighted by Crippen LogP contribution is 2.46. The van der Waals surface area contributed by atoms with Crippen molar-refractivity contribution >= 4 is 34.3 Å². The standard InChI is InChI=1S/C28H27F2N5O3/c1-27(2,3)12-22(33-24(36)21-10-16-19(32-21)9-8-18(29)23(16)30)25(37)35-14-28(11-15(35)13-31)17-6-4-5-7-20(17)34-26(28)38/h4-10,15,22,32H,11-12,14H2,1-3H3,(H,33,36)(H,34,38)/t15-,22-,28-/m0/s1. The summed E-state index contributed by atoms with van der Waals surface area (Å²) in [6.45, 7) is 5.73. The van der Waals surface area contributed by atoms with E-state index in [-0.39, 0.29) is 47.3 Å². The number of rotatable bonds is 4. The number of H-pyrrole nitrogens is 1. The molecule has 2 aromatic carbocycles. The molecule has 1 saturated heterocycles. The molecule has 38 heavy (non-hydrogen) atoms. The number of aromatic amines is 1. The van der Waals surface area contributed by atoms with Crippen molar-refractivity contribution in [3.8, 4) is 6.07 Å². The summed E-state index contributed by atoms with van der Waals surface area (Å²) in [5, 5.41) is 15.4. The van der Waals surface area contributed by atoms with Gasteiger partial charge in [0.1, 0.15) is 17.8 Å². The summed E-state index contributed by atoms with van der Waals surface area (Å²) in [4.78, 5) is 44.3. The van der Waals surface area contributed by atoms with Crippen LogP contribution in [0.15, 0.2) is 42.5 Å². The van der Waals surface area contributed by atoms with Crippen molar-refractivity contribution < 1.29 is 23.2 Å². The molecule has 3 atom stereocenters. The average Bonchev–Trinajstić information content (AvgIpc) is 3.55. The first-order valence-corrected chi connectivity index (χ1v) is 12.3. The zero-order valence-electron chi connectivity index (χ0n) is 21.2. The number of fused-ring (bicyclic) bond motifs is 3. The number of carbonyl (C=O) groups is 3. The van der Waals surface area contributed by atoms with Gasteiger partial charge in [-0.25, -0.2) is 8.78 Å². The molecule has 1 spiro atoms. The Kier molecular flexibility index (Phi) is 5.97. The number of amides is 3. The molecule has 3 aromatic rings. The van der Waals surface area contributed by atoms with Gasteiger partial charge in [-0.2, -0.15) is 5.26 Å². The minimum absolute atomic E-state index is 0.000293. The van der Waals surface area contributed by atoms with Gasteiger partial charge in [-0.3, -0.25) is 14.4 Å². The highest BCUT2D eigenvalue weighted by atomic mass is 19.2. The molecule has 3 N–H and O–H groups in total. The van der Waals surface area contributed by atoms with E-state index in [9.17, 15) is 28.4 Å². The van der Waals surface area contributed by atoms with E-state index < -0.39 is 40.9 Å². The number of para-hydroxylation sites is 1. The molecular weight excluding hydrogens is 492 g/mol. The quantitative estimate of drug-likeness (QED) is 0.483. The largest absolute Gasteiger partial charge is 0.350 e. The Morgan fingerprint density at radius 1 is 1.24 bits per heavy atom. The van der Waals surface area contributed by atoms with E-state index in [1.807, 2.05) is 32.9 Å². The smallest absolute Gasteiger partial charge is 0.268 e. The van der Waals surface area contributed by atoms with Crippen molar-refractivity contribution in [3.63, 3.8) is 0 Å². The molecule has 2 aliphatic rings. The summed E-state index contributed by atoms with van der Waals surface area (Å²) >= 11 is 0. The van der Waals surface area contributed by atoms with Crippen molar-refractivity contribution in [2.75, 3.05) is 11.9 Å². The van der Waals surface area contributed by atoms with Gasteiger partial charge in [0, 0.05) is 29.6 Å². The summed E-state index contributed by atoms with van der Waals surface area (Å²) in [6.07, 6.45) is 0.381. The highest BCUT2D eigenvalue weighted by molar-refractivity contribution is 6.07. The molecule has 0 saturated carbocycles. The average molecular weight is 520 g/mol. The minimum Gasteiger partial charge on any atom is -0.350 e. The number of hydrogen-bond donors (Lipinski definition) is 3. The molecule has 0 unspecified atom stereocenters. The van der Waals surface area contributed by atoms with Crippen LogP contribution in [0.25, 0.3) is 10.9 Å². The molecule has 10 heteroatoms. The minimum atomic E-state index is -1.07. The first-order chi connectivity index (χ1) is 17.9. The maximum atomic E-state index is 14.2. The van der Waals surface area contributed by atoms with Crippen LogP contribution in [0.5, 0.6) is 0 Å². The number of aromatic nitrogens is 1. The third-order valence-electron chi connectivity index (χ3n) is 7.27. The molecule has 5 rings (SSSR count). The van der Waals surface area contributed by atoms with Gasteiger partial charge < -0.3 is 20.5 Å². The van der Waals surface area contributed by atoms with Gasteiger partial charge in [-0.15, -0.1) is 0 Å². The number of hydrogen-bond acceptors (Lipinski definition) is 4. The van der Waals surface area contributed by atoms with E-state index in [1.54, 1.807) is 12.1 Å². The molecule has 0 radical (unpaired) electrons. The van der Waals surface area contributed by atoms with Crippen molar-refractivity contribution in [1.82, 2.24) is 15.2 Å². The normalized spacial score (nSPS) is 21.3. The molecule has 196 valence electrons. The molecule has 3 amide bonds. The molecule has 0 bridgehead atoms. The fourth-order valence-corrected chi connectivity index (χ4v) is 5.50. The van der Waals surface area contributed by atoms with Gasteiger partial charge in [-0.1, -0.05) is 39.0 Å². The number of likely N-dealkylation sites (tertiary alicyclic amines) is 1. The summed E-state index contributed by atoms with van der Waals surface area (Å²) in [5.41, 5.74) is 0.163. The Morgan fingerprint density at radius 3 is 2.68 bits per heavy atom. The number of nitrogens with one attached hydrogen (secondary N) is 3. The molecule has 1 aromatic heterocycles. The second kappa shape index (κ2) is 8.94. The van der Waals surface area contributed by atoms with Crippen LogP contribution < -0.4 is 10.6 Å². The fourth-order valence-electron chi connectivity index (χ4n) is 5.50. The Balaban J connectivity index is 1.45. The second-order valence-electron chi connectivity index (χ2n) is 11.2. The number of carbonyl (C=O) groups excluding carboxylic acids is 3. The molecule has 8 nitrogen and oxygen atoms in total. The number of halogens is 2. The van der Waals surface area contributed by atoms with Gasteiger partial charge in [0.25, 0.3) is 5.91 Å². The van der Waals surface area contributed by atoms with Crippen LogP contribution in [0.4, 0.5) is 14.5 Å². The topological polar surface area (TPSA) is 118 Å². The van der Waals surface area contributed by atoms with E-state index in [0.717, 1.165) is 11.6 Å². The van der Waals surface area contributed by atoms with Gasteiger partial charge in [0.05, 0.1) is 11.5 Å². The van der Waals surface area contributed by atoms with Crippen LogP contribution in [0, 0.1) is 28.4 Å². The van der Waals surface area contributed by atoms with Crippen molar-refractivity contribution in [2.45, 2.75) is 51.1 Å². The molecule has 3 heterocycles. The first kappa shape index (κ1) is 25.4. The van der Waals surface area contributed by atoms with E-state index in [0.29, 0.717) is 5.69 Å². The predicted molar refractivity (Wildman–Crippen MR) is 136 cm³/mol. The highest BCUT2D eigenvalue weighted by Gasteiger charge is 2.56. The number of benzene rings is 2. The van der Waals surface area contributed by atoms with E-state index in [2.05, 4.69) is 21.7 Å². The maximum Gasteiger partial charge on any atom is 0.268 e. The monoisotopic (exact) mass is 519 g/mol. The summed E-state index contributed by atoms with van der Waals surface area (Å²) < 4.78 is 27.9. The molecule has 2 aliphatic heterocycles. The molecule has 1 fully saturated rings. The SMILES string of the molecule is CC(C)(C)C[C@H](NC(=O)c1cc2c(F)c(F)ccc2[nH]1)C(=O)N1C[C@]2(C[C@H]1C#N)C(=O)Nc1ccccc12. The first-order valence-electron chi connectivity index (χ1n) is 12.3. The summed E-state index contributed by atoms with van der Waals surface area (Å²) in [6, 6.07) is 11.0. The van der Waals surface area contributed by atoms with Crippen LogP contribution in [0.2, 0.25) is 0 Å². The summed E-state index contributed by atoms with van der Waals surface area (Å²) in [5.74, 6) is -3.53. The zero-order chi connectivity index (χ0) is 27.4. The second-order valence-corrected chi connectivity index (χ2v) is 11.2. The molecular formula is C28H27F2N5O3. The van der Waals surface area contributed by atoms with Crippen LogP contribution in [-0.4, -0.2) is 46.2 Å². The van der Waals surface area contributed by atoms with Crippen LogP contribution in [0.3, 0.4) is 0 Å². The third-order valence-corrected chi connectivity index (χ3v) is 7.27. The summed E-state index contributed by atoms with van der Waals surface area (Å²) in [7, 11) is 0. The van der Waals surface area contributed by atoms with Gasteiger partial charge in [-0.05, 0) is 41.7 Å². The van der Waals surface area contributed by atoms with E-state index in [4.69, 9.17) is 0 Å². The Hall–Kier alpha value is -4.26. The van der Waals surface area contributed by atoms with Crippen molar-refractivity contribution in [2.24, 2.45) is 5.41 Å². The van der Waals surface area contributed by atoms with Crippen molar-refractivity contribution in [3.05, 3.63) is 65.4 Å². The van der Waals surface area contributed by atoms with Gasteiger partial charge >= 0.3 is 0 Å². The Morgan fingerprint density at radius 2 is 1.97 bits per heavy atom. The Labute approximate surface area is 218 Å². The van der Waals surface area contributed by atoms with Crippen molar-refractivity contribution in [1.29, 1.82) is 5.26 Å². The van der Waals surface area contributed by atoms with E-state index >= 15 is 0 Å². The third kappa shape index (κ3) is 4.18. The molecule has 0 aliphatic carbocycles. The van der Waals surface area contributed by atoms with Crippen LogP contribution in [-0.2, 0) is 15.0 Å². The lowest BCUT2D eigenvalue weighted by Gasteiger charge is -2.31. The predicted octanol–water partition coefficient (Wildman–Crippen LogP) is 4.00. The lowest BCUT2D eigenvalue weighted by Crippen LogP contribution is -2.52. The fraction of sp³-hybridized carbons (Fsp3) is 0.357. The zero-order valence-corrected chi connectivity index (χ0v) is 21.2. The maximum absolute atomic E-state index is 14.2. The van der Waals surface area contributed by atoms with Crippen LogP contribution >= 0.6 is 0 Å². The lowest BCUT2D eigenvalue weighted by molar-refractivity contribution is -0.134. The van der Waals surface area contributed by atoms with Gasteiger partial charge in [0.15, 0.2) is 11.6 Å². The number of nitriles is 1. The van der Waals surface area contributed by atoms with Gasteiger partial charge in [0.2, 0.25) is 11.8 Å². The van der Waals surface area contributed by atoms with Crippen LogP contribution in [0.1, 0.15) is 49.7 Å². The number of nitrogens with zero attached hydrogens (tertiary/aromatic N) is 2. The van der Waals surface area contributed by atoms with E-state index in [1.165, 1.54) is 17.0 Å². The number of anilines is 1. The Bertz CT molecular complexity index is 1520. The lowest BCUT2D eigenvalue weighted by atomic mass is 9.80.